The molecule has 1 N–H and O–H groups in total. The van der Waals surface area contributed by atoms with Crippen molar-refractivity contribution < 1.29 is 9.72 Å². The number of aromatic nitrogens is 2. The predicted molar refractivity (Wildman–Crippen MR) is 90.4 cm³/mol. The van der Waals surface area contributed by atoms with E-state index in [-0.39, 0.29) is 23.8 Å². The minimum atomic E-state index is -0.537. The van der Waals surface area contributed by atoms with Gasteiger partial charge in [-0.05, 0) is 84.1 Å². The highest BCUT2D eigenvalue weighted by Crippen LogP contribution is 2.55. The zero-order chi connectivity index (χ0) is 17.1. The van der Waals surface area contributed by atoms with E-state index in [1.807, 2.05) is 0 Å². The Morgan fingerprint density at radius 1 is 1.33 bits per heavy atom. The fourth-order valence-electron chi connectivity index (χ4n) is 5.51. The van der Waals surface area contributed by atoms with E-state index in [1.54, 1.807) is 6.92 Å². The molecule has 0 aliphatic heterocycles. The number of hydrogen-bond acceptors (Lipinski definition) is 4. The van der Waals surface area contributed by atoms with E-state index in [4.69, 9.17) is 0 Å². The van der Waals surface area contributed by atoms with E-state index in [1.165, 1.54) is 23.9 Å². The van der Waals surface area contributed by atoms with Crippen molar-refractivity contribution in [3.63, 3.8) is 0 Å². The quantitative estimate of drug-likeness (QED) is 0.625. The molecule has 1 heterocycles. The van der Waals surface area contributed by atoms with Crippen molar-refractivity contribution in [2.45, 2.75) is 57.5 Å². The molecule has 1 amide bonds. The molecule has 0 aromatic carbocycles. The molecular formula is C16H21BrN4O3. The van der Waals surface area contributed by atoms with Crippen LogP contribution in [0.15, 0.2) is 4.47 Å². The van der Waals surface area contributed by atoms with Crippen LogP contribution < -0.4 is 5.32 Å². The molecule has 0 atom stereocenters. The normalized spacial score (nSPS) is 33.7. The summed E-state index contributed by atoms with van der Waals surface area (Å²) in [5.41, 5.74) is 0.554. The van der Waals surface area contributed by atoms with E-state index in [2.05, 4.69) is 26.3 Å². The number of carbonyl (C=O) groups is 1. The van der Waals surface area contributed by atoms with Crippen LogP contribution in [0.1, 0.15) is 44.2 Å². The minimum absolute atomic E-state index is 0.0278. The van der Waals surface area contributed by atoms with Crippen LogP contribution in [0.25, 0.3) is 0 Å². The SMILES string of the molecule is Cc1c(Br)c([N+](=O)[O-])nn1CC(=O)NC12CC3CC(CC(C3)C1)C2. The summed E-state index contributed by atoms with van der Waals surface area (Å²) in [6.07, 6.45) is 7.25. The van der Waals surface area contributed by atoms with Crippen LogP contribution in [0.3, 0.4) is 0 Å². The summed E-state index contributed by atoms with van der Waals surface area (Å²) in [6.45, 7) is 1.75. The van der Waals surface area contributed by atoms with E-state index >= 15 is 0 Å². The van der Waals surface area contributed by atoms with Crippen LogP contribution in [0.5, 0.6) is 0 Å². The number of nitro groups is 1. The van der Waals surface area contributed by atoms with Crippen LogP contribution in [0.2, 0.25) is 0 Å². The number of halogens is 1. The van der Waals surface area contributed by atoms with Crippen LogP contribution in [0, 0.1) is 34.8 Å². The van der Waals surface area contributed by atoms with Crippen molar-refractivity contribution in [1.82, 2.24) is 15.1 Å². The molecule has 4 aliphatic rings. The highest BCUT2D eigenvalue weighted by atomic mass is 79.9. The van der Waals surface area contributed by atoms with Gasteiger partial charge in [0.05, 0.1) is 10.8 Å². The Labute approximate surface area is 148 Å². The number of amides is 1. The van der Waals surface area contributed by atoms with Gasteiger partial charge in [0.15, 0.2) is 0 Å². The zero-order valence-electron chi connectivity index (χ0n) is 13.6. The average molecular weight is 397 g/mol. The average Bonchev–Trinajstić information content (AvgIpc) is 2.73. The molecule has 4 saturated carbocycles. The van der Waals surface area contributed by atoms with Gasteiger partial charge >= 0.3 is 5.82 Å². The third-order valence-electron chi connectivity index (χ3n) is 6.03. The molecule has 5 rings (SSSR count). The highest BCUT2D eigenvalue weighted by Gasteiger charge is 2.51. The predicted octanol–water partition coefficient (Wildman–Crippen LogP) is 2.95. The lowest BCUT2D eigenvalue weighted by molar-refractivity contribution is -0.390. The summed E-state index contributed by atoms with van der Waals surface area (Å²) in [5, 5.41) is 18.2. The van der Waals surface area contributed by atoms with Gasteiger partial charge in [-0.15, -0.1) is 0 Å². The standard InChI is InChI=1S/C16H21BrN4O3/c1-9-14(17)15(21(23)24)19-20(9)8-13(22)18-16-5-10-2-11(6-16)4-12(3-10)7-16/h10-12H,2-8H2,1H3,(H,18,22). The largest absolute Gasteiger partial charge is 0.404 e. The lowest BCUT2D eigenvalue weighted by Gasteiger charge is -2.56. The number of rotatable bonds is 4. The Morgan fingerprint density at radius 3 is 2.33 bits per heavy atom. The molecule has 4 bridgehead atoms. The van der Waals surface area contributed by atoms with Gasteiger partial charge in [0.25, 0.3) is 0 Å². The summed E-state index contributed by atoms with van der Waals surface area (Å²) in [5.74, 6) is 1.95. The summed E-state index contributed by atoms with van der Waals surface area (Å²) >= 11 is 3.19. The Morgan fingerprint density at radius 2 is 1.88 bits per heavy atom. The molecule has 8 heteroatoms. The van der Waals surface area contributed by atoms with E-state index < -0.39 is 4.92 Å². The molecule has 4 fully saturated rings. The van der Waals surface area contributed by atoms with Crippen LogP contribution in [-0.4, -0.2) is 26.1 Å². The van der Waals surface area contributed by atoms with Crippen LogP contribution >= 0.6 is 15.9 Å². The maximum absolute atomic E-state index is 12.6. The Hall–Kier alpha value is -1.44. The molecule has 1 aromatic rings. The van der Waals surface area contributed by atoms with Gasteiger partial charge in [-0.25, -0.2) is 0 Å². The fraction of sp³-hybridized carbons (Fsp3) is 0.750. The van der Waals surface area contributed by atoms with E-state index in [9.17, 15) is 14.9 Å². The van der Waals surface area contributed by atoms with Gasteiger partial charge in [-0.2, -0.15) is 4.68 Å². The van der Waals surface area contributed by atoms with Crippen LogP contribution in [-0.2, 0) is 11.3 Å². The first-order valence-corrected chi connectivity index (χ1v) is 9.33. The Kier molecular flexibility index (Phi) is 3.71. The van der Waals surface area contributed by atoms with Crippen LogP contribution in [0.4, 0.5) is 5.82 Å². The molecular weight excluding hydrogens is 376 g/mol. The molecule has 24 heavy (non-hydrogen) atoms. The summed E-state index contributed by atoms with van der Waals surface area (Å²) in [4.78, 5) is 23.0. The molecule has 1 aromatic heterocycles. The third kappa shape index (κ3) is 2.64. The molecule has 0 unspecified atom stereocenters. The molecule has 0 radical (unpaired) electrons. The summed E-state index contributed by atoms with van der Waals surface area (Å²) in [7, 11) is 0. The number of hydrogen-bond donors (Lipinski definition) is 1. The van der Waals surface area contributed by atoms with Crippen molar-refractivity contribution in [2.75, 3.05) is 0 Å². The second-order valence-corrected chi connectivity index (χ2v) is 8.68. The summed E-state index contributed by atoms with van der Waals surface area (Å²) in [6, 6.07) is 0. The molecule has 0 spiro atoms. The fourth-order valence-corrected chi connectivity index (χ4v) is 5.94. The van der Waals surface area contributed by atoms with Gasteiger partial charge in [0, 0.05) is 5.54 Å². The number of nitrogens with zero attached hydrogens (tertiary/aromatic N) is 3. The summed E-state index contributed by atoms with van der Waals surface area (Å²) < 4.78 is 1.76. The second kappa shape index (κ2) is 5.54. The van der Waals surface area contributed by atoms with Crippen molar-refractivity contribution in [3.05, 3.63) is 20.3 Å². The van der Waals surface area contributed by atoms with Crippen molar-refractivity contribution in [2.24, 2.45) is 17.8 Å². The Balaban J connectivity index is 1.48. The smallest absolute Gasteiger partial charge is 0.358 e. The lowest BCUT2D eigenvalue weighted by atomic mass is 9.53. The second-order valence-electron chi connectivity index (χ2n) is 7.88. The first kappa shape index (κ1) is 16.1. The van der Waals surface area contributed by atoms with Gasteiger partial charge in [0.1, 0.15) is 11.0 Å². The van der Waals surface area contributed by atoms with E-state index in [0.29, 0.717) is 10.2 Å². The van der Waals surface area contributed by atoms with Gasteiger partial charge in [-0.3, -0.25) is 4.79 Å². The zero-order valence-corrected chi connectivity index (χ0v) is 15.2. The topological polar surface area (TPSA) is 90.1 Å². The van der Waals surface area contributed by atoms with Crippen molar-refractivity contribution >= 4 is 27.7 Å². The van der Waals surface area contributed by atoms with Gasteiger partial charge < -0.3 is 15.4 Å². The van der Waals surface area contributed by atoms with Gasteiger partial charge in [0.2, 0.25) is 5.91 Å². The highest BCUT2D eigenvalue weighted by molar-refractivity contribution is 9.10. The molecule has 4 aliphatic carbocycles. The first-order valence-electron chi connectivity index (χ1n) is 8.53. The molecule has 130 valence electrons. The molecule has 0 saturated heterocycles. The maximum atomic E-state index is 12.6. The number of nitrogens with one attached hydrogen (secondary N) is 1. The monoisotopic (exact) mass is 396 g/mol. The van der Waals surface area contributed by atoms with E-state index in [0.717, 1.165) is 37.0 Å². The Bertz CT molecular complexity index is 679. The lowest BCUT2D eigenvalue weighted by Crippen LogP contribution is -2.60. The minimum Gasteiger partial charge on any atom is -0.358 e. The molecule has 7 nitrogen and oxygen atoms in total. The van der Waals surface area contributed by atoms with Gasteiger partial charge in [-0.1, -0.05) is 0 Å². The van der Waals surface area contributed by atoms with Crippen molar-refractivity contribution in [3.8, 4) is 0 Å². The maximum Gasteiger partial charge on any atom is 0.404 e. The van der Waals surface area contributed by atoms with Crippen molar-refractivity contribution in [1.29, 1.82) is 0 Å². The third-order valence-corrected chi connectivity index (χ3v) is 6.95. The number of carbonyl (C=O) groups excluding carboxylic acids is 1. The first-order chi connectivity index (χ1) is 11.3.